The number of aromatic nitrogens is 3. The molecule has 2 N–H and O–H groups in total. The van der Waals surface area contributed by atoms with Crippen LogP contribution in [0.3, 0.4) is 0 Å². The second-order valence-electron chi connectivity index (χ2n) is 4.02. The first-order valence-electron chi connectivity index (χ1n) is 5.45. The van der Waals surface area contributed by atoms with E-state index in [2.05, 4.69) is 15.2 Å². The van der Waals surface area contributed by atoms with Crippen molar-refractivity contribution in [1.29, 1.82) is 0 Å². The van der Waals surface area contributed by atoms with Crippen LogP contribution in [-0.4, -0.2) is 40.1 Å². The van der Waals surface area contributed by atoms with Gasteiger partial charge in [-0.25, -0.2) is 13.4 Å². The van der Waals surface area contributed by atoms with Crippen LogP contribution in [0.4, 0.5) is 0 Å². The summed E-state index contributed by atoms with van der Waals surface area (Å²) in [6.45, 7) is 1.36. The summed E-state index contributed by atoms with van der Waals surface area (Å²) in [5, 5.41) is 17.3. The molecule has 7 nitrogen and oxygen atoms in total. The van der Waals surface area contributed by atoms with E-state index >= 15 is 0 Å². The summed E-state index contributed by atoms with van der Waals surface area (Å²) in [5.41, 5.74) is 2.87. The Morgan fingerprint density at radius 2 is 2.26 bits per heavy atom. The molecule has 2 aromatic rings. The van der Waals surface area contributed by atoms with Crippen molar-refractivity contribution in [3.8, 4) is 0 Å². The van der Waals surface area contributed by atoms with E-state index in [0.717, 1.165) is 0 Å². The quantitative estimate of drug-likeness (QED) is 0.837. The number of H-pyrrole nitrogens is 1. The van der Waals surface area contributed by atoms with Crippen molar-refractivity contribution in [3.63, 3.8) is 0 Å². The Labute approximate surface area is 115 Å². The fourth-order valence-corrected chi connectivity index (χ4v) is 3.71. The van der Waals surface area contributed by atoms with Gasteiger partial charge < -0.3 is 5.11 Å². The number of nitrogens with one attached hydrogen (secondary N) is 1. The first-order chi connectivity index (χ1) is 8.96. The van der Waals surface area contributed by atoms with E-state index in [1.807, 2.05) is 0 Å². The number of hydrogen-bond donors (Lipinski definition) is 2. The van der Waals surface area contributed by atoms with Gasteiger partial charge in [0.1, 0.15) is 10.6 Å². The highest BCUT2D eigenvalue weighted by atomic mass is 32.2. The van der Waals surface area contributed by atoms with Crippen LogP contribution >= 0.6 is 11.3 Å². The summed E-state index contributed by atoms with van der Waals surface area (Å²) in [4.78, 5) is 4.09. The highest BCUT2D eigenvalue weighted by Gasteiger charge is 2.28. The summed E-state index contributed by atoms with van der Waals surface area (Å²) in [7, 11) is -2.23. The Morgan fingerprint density at radius 3 is 2.84 bits per heavy atom. The molecule has 2 heterocycles. The number of aliphatic hydroxyl groups is 1. The number of aliphatic hydroxyl groups excluding tert-OH is 1. The maximum absolute atomic E-state index is 12.5. The molecule has 0 saturated carbocycles. The fraction of sp³-hybridized carbons (Fsp3) is 0.400. The second-order valence-corrected chi connectivity index (χ2v) is 6.72. The maximum atomic E-state index is 12.5. The van der Waals surface area contributed by atoms with Crippen molar-refractivity contribution in [1.82, 2.24) is 19.5 Å². The van der Waals surface area contributed by atoms with Crippen LogP contribution in [0.25, 0.3) is 0 Å². The van der Waals surface area contributed by atoms with E-state index in [9.17, 15) is 8.42 Å². The van der Waals surface area contributed by atoms with Gasteiger partial charge in [0, 0.05) is 12.4 Å². The lowest BCUT2D eigenvalue weighted by Gasteiger charge is -2.16. The molecule has 0 amide bonds. The zero-order valence-electron chi connectivity index (χ0n) is 10.5. The van der Waals surface area contributed by atoms with Crippen molar-refractivity contribution in [2.75, 3.05) is 7.05 Å². The van der Waals surface area contributed by atoms with Gasteiger partial charge in [0.15, 0.2) is 0 Å². The van der Waals surface area contributed by atoms with Crippen molar-refractivity contribution in [2.24, 2.45) is 0 Å². The highest BCUT2D eigenvalue weighted by Crippen LogP contribution is 2.22. The summed E-state index contributed by atoms with van der Waals surface area (Å²) in [5.74, 6) is 0. The number of aromatic amines is 1. The molecule has 104 valence electrons. The number of hydrogen-bond acceptors (Lipinski definition) is 6. The van der Waals surface area contributed by atoms with Gasteiger partial charge >= 0.3 is 0 Å². The minimum Gasteiger partial charge on any atom is -0.390 e. The predicted molar refractivity (Wildman–Crippen MR) is 70.0 cm³/mol. The van der Waals surface area contributed by atoms with Crippen LogP contribution < -0.4 is 0 Å². The molecule has 0 spiro atoms. The van der Waals surface area contributed by atoms with Crippen LogP contribution in [0, 0.1) is 6.92 Å². The molecule has 2 rings (SSSR count). The Kier molecular flexibility index (Phi) is 3.99. The van der Waals surface area contributed by atoms with Crippen LogP contribution in [0.2, 0.25) is 0 Å². The lowest BCUT2D eigenvalue weighted by Crippen LogP contribution is -2.27. The normalized spacial score (nSPS) is 12.2. The largest absolute Gasteiger partial charge is 0.390 e. The number of rotatable bonds is 5. The van der Waals surface area contributed by atoms with Gasteiger partial charge in [0.05, 0.1) is 30.1 Å². The Morgan fingerprint density at radius 1 is 1.53 bits per heavy atom. The first kappa shape index (κ1) is 14.1. The van der Waals surface area contributed by atoms with Crippen LogP contribution in [-0.2, 0) is 23.2 Å². The zero-order chi connectivity index (χ0) is 14.0. The van der Waals surface area contributed by atoms with E-state index in [1.165, 1.54) is 22.7 Å². The lowest BCUT2D eigenvalue weighted by molar-refractivity contribution is 0.273. The van der Waals surface area contributed by atoms with Gasteiger partial charge in [-0.15, -0.1) is 11.3 Å². The summed E-state index contributed by atoms with van der Waals surface area (Å²) in [6, 6.07) is 0. The molecule has 0 fully saturated rings. The minimum atomic E-state index is -3.70. The second kappa shape index (κ2) is 5.37. The van der Waals surface area contributed by atoms with E-state index < -0.39 is 16.6 Å². The molecular weight excluding hydrogens is 288 g/mol. The molecule has 0 aromatic carbocycles. The Bertz CT molecular complexity index is 648. The third kappa shape index (κ3) is 2.68. The number of thiazole rings is 1. The zero-order valence-corrected chi connectivity index (χ0v) is 12.1. The molecule has 0 bridgehead atoms. The number of aryl methyl sites for hydroxylation is 1. The molecule has 19 heavy (non-hydrogen) atoms. The van der Waals surface area contributed by atoms with Crippen molar-refractivity contribution in [2.45, 2.75) is 25.0 Å². The standard InChI is InChI=1S/C10H14N4O3S2/c1-7-10(9(4-15)13-12-7)19(16,17)14(2)3-8-5-18-6-11-8/h5-6,15H,3-4H2,1-2H3,(H,12,13). The van der Waals surface area contributed by atoms with Crippen molar-refractivity contribution in [3.05, 3.63) is 28.0 Å². The fourth-order valence-electron chi connectivity index (χ4n) is 1.70. The summed E-state index contributed by atoms with van der Waals surface area (Å²) < 4.78 is 26.1. The number of nitrogens with zero attached hydrogens (tertiary/aromatic N) is 3. The van der Waals surface area contributed by atoms with Gasteiger partial charge in [-0.2, -0.15) is 9.40 Å². The smallest absolute Gasteiger partial charge is 0.246 e. The topological polar surface area (TPSA) is 99.2 Å². The molecule has 9 heteroatoms. The van der Waals surface area contributed by atoms with Crippen LogP contribution in [0.5, 0.6) is 0 Å². The Balaban J connectivity index is 2.33. The molecular formula is C10H14N4O3S2. The van der Waals surface area contributed by atoms with Gasteiger partial charge in [0.25, 0.3) is 0 Å². The van der Waals surface area contributed by atoms with E-state index in [-0.39, 0.29) is 17.1 Å². The van der Waals surface area contributed by atoms with E-state index in [1.54, 1.807) is 17.8 Å². The first-order valence-corrected chi connectivity index (χ1v) is 7.83. The predicted octanol–water partition coefficient (Wildman–Crippen LogP) is 0.488. The molecule has 0 radical (unpaired) electrons. The monoisotopic (exact) mass is 302 g/mol. The molecule has 0 aliphatic rings. The summed E-state index contributed by atoms with van der Waals surface area (Å²) in [6.07, 6.45) is 0. The molecule has 0 aliphatic carbocycles. The van der Waals surface area contributed by atoms with Crippen LogP contribution in [0.1, 0.15) is 17.1 Å². The Hall–Kier alpha value is -1.29. The van der Waals surface area contributed by atoms with Crippen molar-refractivity contribution < 1.29 is 13.5 Å². The highest BCUT2D eigenvalue weighted by molar-refractivity contribution is 7.89. The minimum absolute atomic E-state index is 0.0349. The van der Waals surface area contributed by atoms with Gasteiger partial charge in [-0.1, -0.05) is 0 Å². The van der Waals surface area contributed by atoms with Gasteiger partial charge in [0.2, 0.25) is 10.0 Å². The molecule has 0 saturated heterocycles. The third-order valence-corrected chi connectivity index (χ3v) is 5.29. The average Bonchev–Trinajstić information content (AvgIpc) is 2.98. The maximum Gasteiger partial charge on any atom is 0.246 e. The molecule has 0 atom stereocenters. The number of sulfonamides is 1. The molecule has 0 unspecified atom stereocenters. The summed E-state index contributed by atoms with van der Waals surface area (Å²) >= 11 is 1.41. The van der Waals surface area contributed by atoms with Crippen LogP contribution in [0.15, 0.2) is 15.8 Å². The van der Waals surface area contributed by atoms with Crippen molar-refractivity contribution >= 4 is 21.4 Å². The third-order valence-electron chi connectivity index (χ3n) is 2.65. The van der Waals surface area contributed by atoms with E-state index in [0.29, 0.717) is 11.4 Å². The molecule has 2 aromatic heterocycles. The SMILES string of the molecule is Cc1[nH]nc(CO)c1S(=O)(=O)N(C)Cc1cscn1. The van der Waals surface area contributed by atoms with Gasteiger partial charge in [-0.3, -0.25) is 5.10 Å². The van der Waals surface area contributed by atoms with E-state index in [4.69, 9.17) is 5.11 Å². The average molecular weight is 302 g/mol. The lowest BCUT2D eigenvalue weighted by atomic mass is 10.4. The molecule has 0 aliphatic heterocycles. The van der Waals surface area contributed by atoms with Gasteiger partial charge in [-0.05, 0) is 6.92 Å².